The number of pyridine rings is 4. The molecule has 0 spiro atoms. The Labute approximate surface area is 282 Å². The Bertz CT molecular complexity index is 1950. The molecule has 3 aromatic carbocycles. The van der Waals surface area contributed by atoms with E-state index in [4.69, 9.17) is 0 Å². The van der Waals surface area contributed by atoms with E-state index in [9.17, 15) is 0 Å². The summed E-state index contributed by atoms with van der Waals surface area (Å²) in [4.78, 5) is 22.3. The van der Waals surface area contributed by atoms with Crippen molar-refractivity contribution < 1.29 is 0 Å². The van der Waals surface area contributed by atoms with Gasteiger partial charge < -0.3 is 9.80 Å². The normalized spacial score (nSPS) is 12.0. The molecule has 7 aromatic rings. The Morgan fingerprint density at radius 1 is 0.375 bits per heavy atom. The van der Waals surface area contributed by atoms with Gasteiger partial charge in [-0.25, -0.2) is 0 Å². The maximum atomic E-state index is 4.46. The first-order valence-electron chi connectivity index (χ1n) is 16.4. The average Bonchev–Trinajstić information content (AvgIpc) is 3.08. The molecule has 0 radical (unpaired) electrons. The van der Waals surface area contributed by atoms with Crippen molar-refractivity contribution in [2.75, 3.05) is 9.80 Å². The number of hydrogen-bond acceptors (Lipinski definition) is 6. The van der Waals surface area contributed by atoms with E-state index in [1.807, 2.05) is 73.8 Å². The Hall–Kier alpha value is -5.62. The Morgan fingerprint density at radius 3 is 0.938 bits per heavy atom. The highest BCUT2D eigenvalue weighted by Crippen LogP contribution is 2.47. The first-order valence-corrected chi connectivity index (χ1v) is 16.4. The third kappa shape index (κ3) is 5.75. The van der Waals surface area contributed by atoms with E-state index in [-0.39, 0.29) is 10.8 Å². The second-order valence-electron chi connectivity index (χ2n) is 14.2. The van der Waals surface area contributed by atoms with E-state index in [0.29, 0.717) is 0 Å². The quantitative estimate of drug-likeness (QED) is 0.171. The molecule has 0 amide bonds. The van der Waals surface area contributed by atoms with E-state index in [0.717, 1.165) is 34.1 Å². The van der Waals surface area contributed by atoms with Gasteiger partial charge in [-0.2, -0.15) is 0 Å². The molecule has 0 bridgehead atoms. The third-order valence-electron chi connectivity index (χ3n) is 8.72. The molecule has 0 N–H and O–H groups in total. The highest BCUT2D eigenvalue weighted by atomic mass is 15.2. The summed E-state index contributed by atoms with van der Waals surface area (Å²) >= 11 is 0. The van der Waals surface area contributed by atoms with Crippen LogP contribution in [0.3, 0.4) is 0 Å². The molecule has 0 aliphatic rings. The van der Waals surface area contributed by atoms with Crippen LogP contribution in [0.4, 0.5) is 34.1 Å². The molecule has 4 aromatic heterocycles. The summed E-state index contributed by atoms with van der Waals surface area (Å²) in [7, 11) is 0. The third-order valence-corrected chi connectivity index (χ3v) is 8.72. The monoisotopic (exact) mass is 628 g/mol. The Kier molecular flexibility index (Phi) is 7.88. The lowest BCUT2D eigenvalue weighted by atomic mass is 9.74. The average molecular weight is 629 g/mol. The van der Waals surface area contributed by atoms with Gasteiger partial charge >= 0.3 is 0 Å². The zero-order valence-electron chi connectivity index (χ0n) is 28.4. The first-order chi connectivity index (χ1) is 23.1. The van der Waals surface area contributed by atoms with E-state index < -0.39 is 0 Å². The van der Waals surface area contributed by atoms with Gasteiger partial charge in [-0.05, 0) is 116 Å². The van der Waals surface area contributed by atoms with Crippen LogP contribution < -0.4 is 9.80 Å². The lowest BCUT2D eigenvalue weighted by Gasteiger charge is -2.32. The van der Waals surface area contributed by atoms with Crippen LogP contribution in [-0.2, 0) is 10.8 Å². The van der Waals surface area contributed by atoms with E-state index >= 15 is 0 Å². The molecule has 4 heterocycles. The summed E-state index contributed by atoms with van der Waals surface area (Å²) in [6.07, 6.45) is 14.8. The van der Waals surface area contributed by atoms with Crippen LogP contribution in [0.1, 0.15) is 52.7 Å². The molecule has 0 atom stereocenters. The van der Waals surface area contributed by atoms with Gasteiger partial charge in [0.1, 0.15) is 0 Å². The Balaban J connectivity index is 1.54. The van der Waals surface area contributed by atoms with Crippen LogP contribution in [0, 0.1) is 0 Å². The van der Waals surface area contributed by atoms with Crippen LogP contribution in [0.15, 0.2) is 135 Å². The van der Waals surface area contributed by atoms with Crippen LogP contribution in [-0.4, -0.2) is 19.9 Å². The molecule has 0 fully saturated rings. The molecule has 0 saturated carbocycles. The van der Waals surface area contributed by atoms with E-state index in [1.54, 1.807) is 0 Å². The maximum Gasteiger partial charge on any atom is 0.0645 e. The minimum Gasteiger partial charge on any atom is -0.307 e. The molecular formula is C42H40N6. The number of nitrogens with zero attached hydrogens (tertiary/aromatic N) is 6. The molecular weight excluding hydrogens is 589 g/mol. The summed E-state index contributed by atoms with van der Waals surface area (Å²) in [6.45, 7) is 13.9. The van der Waals surface area contributed by atoms with Crippen molar-refractivity contribution in [3.63, 3.8) is 0 Å². The fraction of sp³-hybridized carbons (Fsp3) is 0.190. The van der Waals surface area contributed by atoms with Crippen molar-refractivity contribution in [2.45, 2.75) is 52.4 Å². The van der Waals surface area contributed by atoms with Gasteiger partial charge in [0.25, 0.3) is 0 Å². The second-order valence-corrected chi connectivity index (χ2v) is 14.2. The van der Waals surface area contributed by atoms with Crippen molar-refractivity contribution in [1.29, 1.82) is 0 Å². The van der Waals surface area contributed by atoms with Crippen LogP contribution in [0.25, 0.3) is 21.5 Å². The molecule has 6 nitrogen and oxygen atoms in total. The fourth-order valence-corrected chi connectivity index (χ4v) is 6.94. The Morgan fingerprint density at radius 2 is 0.688 bits per heavy atom. The van der Waals surface area contributed by atoms with Gasteiger partial charge in [0, 0.05) is 36.2 Å². The van der Waals surface area contributed by atoms with Crippen molar-refractivity contribution in [3.8, 4) is 0 Å². The van der Waals surface area contributed by atoms with Gasteiger partial charge in [-0.1, -0.05) is 53.7 Å². The van der Waals surface area contributed by atoms with Crippen molar-refractivity contribution in [2.24, 2.45) is 0 Å². The molecule has 238 valence electrons. The SMILES string of the molecule is CC(C)(C)c1c2ccc(N(c3cccnc3)c3cccnc3)cc2c(C(C)(C)C)c2ccc(N(c3cccnc3)c3cccnc3)cc12. The predicted molar refractivity (Wildman–Crippen MR) is 199 cm³/mol. The van der Waals surface area contributed by atoms with Crippen molar-refractivity contribution in [1.82, 2.24) is 19.9 Å². The first kappa shape index (κ1) is 31.0. The largest absolute Gasteiger partial charge is 0.307 e. The maximum absolute atomic E-state index is 4.46. The second kappa shape index (κ2) is 12.2. The van der Waals surface area contributed by atoms with Gasteiger partial charge in [0.05, 0.1) is 47.5 Å². The van der Waals surface area contributed by atoms with Crippen LogP contribution >= 0.6 is 0 Å². The predicted octanol–water partition coefficient (Wildman–Crippen LogP) is 11.1. The van der Waals surface area contributed by atoms with Crippen LogP contribution in [0.2, 0.25) is 0 Å². The molecule has 7 rings (SSSR count). The van der Waals surface area contributed by atoms with Gasteiger partial charge in [0.2, 0.25) is 0 Å². The highest BCUT2D eigenvalue weighted by Gasteiger charge is 2.29. The van der Waals surface area contributed by atoms with Gasteiger partial charge in [-0.3, -0.25) is 19.9 Å². The highest BCUT2D eigenvalue weighted by molar-refractivity contribution is 6.09. The summed E-state index contributed by atoms with van der Waals surface area (Å²) in [6, 6.07) is 30.1. The van der Waals surface area contributed by atoms with E-state index in [2.05, 4.69) is 132 Å². The van der Waals surface area contributed by atoms with Crippen molar-refractivity contribution in [3.05, 3.63) is 146 Å². The summed E-state index contributed by atoms with van der Waals surface area (Å²) in [5.74, 6) is 0. The number of anilines is 6. The summed E-state index contributed by atoms with van der Waals surface area (Å²) in [5.41, 5.74) is 8.39. The van der Waals surface area contributed by atoms with Gasteiger partial charge in [-0.15, -0.1) is 0 Å². The van der Waals surface area contributed by atoms with Crippen LogP contribution in [0.5, 0.6) is 0 Å². The number of aromatic nitrogens is 4. The lowest BCUT2D eigenvalue weighted by Crippen LogP contribution is -2.19. The minimum atomic E-state index is -0.146. The fourth-order valence-electron chi connectivity index (χ4n) is 6.94. The van der Waals surface area contributed by atoms with Crippen molar-refractivity contribution >= 4 is 55.7 Å². The zero-order valence-corrected chi connectivity index (χ0v) is 28.4. The number of hydrogen-bond donors (Lipinski definition) is 0. The molecule has 0 unspecified atom stereocenters. The standard InChI is InChI=1S/C42H40N6/c1-41(2,3)39-35-17-15-30(48(33-13-9-21-45-27-33)34-14-10-22-46-28-34)24-38(35)40(42(4,5)6)36-18-16-29(23-37(36)39)47(31-11-7-19-43-25-31)32-12-8-20-44-26-32/h7-28H,1-6H3. The molecule has 0 aliphatic carbocycles. The zero-order chi connectivity index (χ0) is 33.5. The smallest absolute Gasteiger partial charge is 0.0645 e. The molecule has 6 heteroatoms. The molecule has 0 saturated heterocycles. The van der Waals surface area contributed by atoms with E-state index in [1.165, 1.54) is 32.7 Å². The molecule has 0 aliphatic heterocycles. The molecule has 48 heavy (non-hydrogen) atoms. The van der Waals surface area contributed by atoms with Gasteiger partial charge in [0.15, 0.2) is 0 Å². The number of fused-ring (bicyclic) bond motifs is 2. The number of rotatable bonds is 6. The summed E-state index contributed by atoms with van der Waals surface area (Å²) < 4.78 is 0. The minimum absolute atomic E-state index is 0.146. The number of benzene rings is 3. The summed E-state index contributed by atoms with van der Waals surface area (Å²) in [5, 5.41) is 5.01. The lowest BCUT2D eigenvalue weighted by molar-refractivity contribution is 0.593. The topological polar surface area (TPSA) is 58.0 Å².